The second-order valence-electron chi connectivity index (χ2n) is 3.05. The number of carboxylic acid groups (broad SMARTS) is 1. The second-order valence-corrected chi connectivity index (χ2v) is 3.05. The highest BCUT2D eigenvalue weighted by Crippen LogP contribution is 1.90. The van der Waals surface area contributed by atoms with Gasteiger partial charge in [-0.1, -0.05) is 0 Å². The van der Waals surface area contributed by atoms with Crippen molar-refractivity contribution in [3.8, 4) is 0 Å². The summed E-state index contributed by atoms with van der Waals surface area (Å²) in [5, 5.41) is 14.4. The Balaban J connectivity index is 3.67. The van der Waals surface area contributed by atoms with Crippen LogP contribution in [0, 0.1) is 0 Å². The molecule has 0 unspecified atom stereocenters. The van der Waals surface area contributed by atoms with E-state index in [1.807, 2.05) is 0 Å². The fourth-order valence-corrected chi connectivity index (χ4v) is 1.01. The normalized spacial score (nSPS) is 12.3. The average molecular weight is 218 g/mol. The van der Waals surface area contributed by atoms with Crippen molar-refractivity contribution < 1.29 is 14.7 Å². The van der Waals surface area contributed by atoms with Crippen LogP contribution in [-0.2, 0) is 9.59 Å². The van der Waals surface area contributed by atoms with Crippen molar-refractivity contribution >= 4 is 11.9 Å². The molecule has 0 saturated carbocycles. The van der Waals surface area contributed by atoms with E-state index in [2.05, 4.69) is 10.6 Å². The van der Waals surface area contributed by atoms with Gasteiger partial charge in [-0.2, -0.15) is 0 Å². The molecule has 0 fully saturated rings. The SMILES string of the molecule is NCCNCCN[C@@H](CC(N)=O)C(=O)O. The van der Waals surface area contributed by atoms with Crippen LogP contribution in [0.3, 0.4) is 0 Å². The highest BCUT2D eigenvalue weighted by molar-refractivity contribution is 5.83. The molecule has 0 heterocycles. The lowest BCUT2D eigenvalue weighted by atomic mass is 10.2. The number of rotatable bonds is 9. The molecule has 0 rings (SSSR count). The molecule has 0 radical (unpaired) electrons. The molecule has 0 aromatic carbocycles. The number of nitrogens with two attached hydrogens (primary N) is 2. The van der Waals surface area contributed by atoms with Crippen LogP contribution in [0.1, 0.15) is 6.42 Å². The zero-order valence-corrected chi connectivity index (χ0v) is 8.53. The molecule has 7 nitrogen and oxygen atoms in total. The number of carbonyl (C=O) groups is 2. The van der Waals surface area contributed by atoms with Gasteiger partial charge in [-0.25, -0.2) is 0 Å². The molecule has 0 bridgehead atoms. The van der Waals surface area contributed by atoms with Crippen molar-refractivity contribution in [2.45, 2.75) is 12.5 Å². The van der Waals surface area contributed by atoms with E-state index in [1.165, 1.54) is 0 Å². The molecule has 0 saturated heterocycles. The van der Waals surface area contributed by atoms with Crippen LogP contribution in [0.15, 0.2) is 0 Å². The Kier molecular flexibility index (Phi) is 7.51. The zero-order valence-electron chi connectivity index (χ0n) is 8.53. The Bertz CT molecular complexity index is 210. The smallest absolute Gasteiger partial charge is 0.321 e. The Labute approximate surface area is 88.2 Å². The highest BCUT2D eigenvalue weighted by atomic mass is 16.4. The molecule has 88 valence electrons. The van der Waals surface area contributed by atoms with Crippen LogP contribution in [-0.4, -0.2) is 49.2 Å². The summed E-state index contributed by atoms with van der Waals surface area (Å²) in [6.45, 7) is 2.25. The number of carboxylic acids is 1. The predicted octanol–water partition coefficient (Wildman–Crippen LogP) is -2.55. The number of aliphatic carboxylic acids is 1. The minimum Gasteiger partial charge on any atom is -0.480 e. The van der Waals surface area contributed by atoms with E-state index in [-0.39, 0.29) is 6.42 Å². The topological polar surface area (TPSA) is 130 Å². The van der Waals surface area contributed by atoms with Gasteiger partial charge in [-0.15, -0.1) is 0 Å². The quantitative estimate of drug-likeness (QED) is 0.271. The number of hydrogen-bond acceptors (Lipinski definition) is 5. The van der Waals surface area contributed by atoms with Crippen LogP contribution in [0.5, 0.6) is 0 Å². The molecule has 0 aliphatic carbocycles. The largest absolute Gasteiger partial charge is 0.480 e. The van der Waals surface area contributed by atoms with E-state index in [0.29, 0.717) is 26.2 Å². The van der Waals surface area contributed by atoms with Gasteiger partial charge in [0.25, 0.3) is 0 Å². The van der Waals surface area contributed by atoms with Gasteiger partial charge in [0.15, 0.2) is 0 Å². The van der Waals surface area contributed by atoms with E-state index in [9.17, 15) is 9.59 Å². The molecule has 15 heavy (non-hydrogen) atoms. The molecule has 0 aliphatic rings. The van der Waals surface area contributed by atoms with Crippen molar-refractivity contribution in [3.05, 3.63) is 0 Å². The molecular weight excluding hydrogens is 200 g/mol. The van der Waals surface area contributed by atoms with Gasteiger partial charge in [-0.05, 0) is 0 Å². The summed E-state index contributed by atoms with van der Waals surface area (Å²) in [5.41, 5.74) is 10.2. The highest BCUT2D eigenvalue weighted by Gasteiger charge is 2.18. The number of primary amides is 1. The molecule has 1 atom stereocenters. The summed E-state index contributed by atoms with van der Waals surface area (Å²) < 4.78 is 0. The first-order valence-corrected chi connectivity index (χ1v) is 4.73. The number of amides is 1. The lowest BCUT2D eigenvalue weighted by Crippen LogP contribution is -2.43. The summed E-state index contributed by atoms with van der Waals surface area (Å²) >= 11 is 0. The first kappa shape index (κ1) is 13.8. The lowest BCUT2D eigenvalue weighted by molar-refractivity contribution is -0.141. The van der Waals surface area contributed by atoms with Crippen LogP contribution >= 0.6 is 0 Å². The molecule has 7 heteroatoms. The van der Waals surface area contributed by atoms with Crippen molar-refractivity contribution in [2.24, 2.45) is 11.5 Å². The average Bonchev–Trinajstić information content (AvgIpc) is 2.15. The zero-order chi connectivity index (χ0) is 11.7. The molecule has 1 amide bonds. The van der Waals surface area contributed by atoms with Gasteiger partial charge < -0.3 is 27.2 Å². The standard InChI is InChI=1S/C8H18N4O3/c9-1-2-11-3-4-12-6(8(14)15)5-7(10)13/h6,11-12H,1-5,9H2,(H2,10,13)(H,14,15)/t6-/m0/s1. The first-order chi connectivity index (χ1) is 7.07. The summed E-state index contributed by atoms with van der Waals surface area (Å²) in [4.78, 5) is 21.2. The maximum atomic E-state index is 10.6. The third kappa shape index (κ3) is 7.86. The summed E-state index contributed by atoms with van der Waals surface area (Å²) in [7, 11) is 0. The van der Waals surface area contributed by atoms with Crippen molar-refractivity contribution in [1.29, 1.82) is 0 Å². The third-order valence-electron chi connectivity index (χ3n) is 1.72. The number of carbonyl (C=O) groups excluding carboxylic acids is 1. The van der Waals surface area contributed by atoms with Crippen LogP contribution in [0.4, 0.5) is 0 Å². The van der Waals surface area contributed by atoms with E-state index in [4.69, 9.17) is 16.6 Å². The van der Waals surface area contributed by atoms with Gasteiger partial charge in [0.05, 0.1) is 6.42 Å². The van der Waals surface area contributed by atoms with Crippen molar-refractivity contribution in [2.75, 3.05) is 26.2 Å². The van der Waals surface area contributed by atoms with Crippen molar-refractivity contribution in [1.82, 2.24) is 10.6 Å². The minimum absolute atomic E-state index is 0.202. The Morgan fingerprint density at radius 2 is 1.93 bits per heavy atom. The van der Waals surface area contributed by atoms with Crippen molar-refractivity contribution in [3.63, 3.8) is 0 Å². The first-order valence-electron chi connectivity index (χ1n) is 4.73. The number of hydrogen-bond donors (Lipinski definition) is 5. The molecule has 0 aromatic rings. The summed E-state index contributed by atoms with van der Waals surface area (Å²) in [6, 6.07) is -0.915. The molecule has 0 aromatic heterocycles. The minimum atomic E-state index is -1.08. The fraction of sp³-hybridized carbons (Fsp3) is 0.750. The summed E-state index contributed by atoms with van der Waals surface area (Å²) in [6.07, 6.45) is -0.202. The van der Waals surface area contributed by atoms with Gasteiger partial charge in [-0.3, -0.25) is 9.59 Å². The number of nitrogens with one attached hydrogen (secondary N) is 2. The third-order valence-corrected chi connectivity index (χ3v) is 1.72. The van der Waals surface area contributed by atoms with E-state index in [0.717, 1.165) is 0 Å². The lowest BCUT2D eigenvalue weighted by Gasteiger charge is -2.12. The maximum Gasteiger partial charge on any atom is 0.321 e. The van der Waals surface area contributed by atoms with E-state index < -0.39 is 17.9 Å². The Morgan fingerprint density at radius 3 is 2.40 bits per heavy atom. The van der Waals surface area contributed by atoms with Gasteiger partial charge in [0.1, 0.15) is 6.04 Å². The second kappa shape index (κ2) is 8.16. The molecule has 0 aliphatic heterocycles. The van der Waals surface area contributed by atoms with E-state index in [1.54, 1.807) is 0 Å². The molecule has 7 N–H and O–H groups in total. The van der Waals surface area contributed by atoms with Gasteiger partial charge in [0, 0.05) is 26.2 Å². The monoisotopic (exact) mass is 218 g/mol. The predicted molar refractivity (Wildman–Crippen MR) is 55.2 cm³/mol. The van der Waals surface area contributed by atoms with Crippen LogP contribution in [0.2, 0.25) is 0 Å². The van der Waals surface area contributed by atoms with Gasteiger partial charge in [0.2, 0.25) is 5.91 Å². The molecular formula is C8H18N4O3. The van der Waals surface area contributed by atoms with Crippen LogP contribution < -0.4 is 22.1 Å². The molecule has 0 spiro atoms. The Hall–Kier alpha value is -1.18. The Morgan fingerprint density at radius 1 is 1.27 bits per heavy atom. The summed E-state index contributed by atoms with van der Waals surface area (Å²) in [5.74, 6) is -1.71. The van der Waals surface area contributed by atoms with Gasteiger partial charge >= 0.3 is 5.97 Å². The van der Waals surface area contributed by atoms with Crippen LogP contribution in [0.25, 0.3) is 0 Å². The van der Waals surface area contributed by atoms with E-state index >= 15 is 0 Å². The fourth-order valence-electron chi connectivity index (χ4n) is 1.01. The maximum absolute atomic E-state index is 10.6.